The Hall–Kier alpha value is -12.3. The van der Waals surface area contributed by atoms with Crippen LogP contribution in [0.3, 0.4) is 0 Å². The molecule has 7 aromatic rings. The highest BCUT2D eigenvalue weighted by molar-refractivity contribution is 8.76. The van der Waals surface area contributed by atoms with E-state index < -0.39 is 133 Å². The number of H-pyrrole nitrogens is 1. The molecule has 6 atom stereocenters. The molecule has 18 N–H and O–H groups in total. The summed E-state index contributed by atoms with van der Waals surface area (Å²) < 4.78 is 17.5. The summed E-state index contributed by atoms with van der Waals surface area (Å²) in [6, 6.07) is 11.8. The Morgan fingerprint density at radius 1 is 0.776 bits per heavy atom. The number of hydrogen-bond donors (Lipinski definition) is 15. The van der Waals surface area contributed by atoms with Gasteiger partial charge in [-0.25, -0.2) is 34.1 Å². The average Bonchev–Trinajstić information content (AvgIpc) is 1.61. The highest BCUT2D eigenvalue weighted by atomic mass is 33.1. The Morgan fingerprint density at radius 2 is 1.43 bits per heavy atom. The third-order valence-electron chi connectivity index (χ3n) is 16.8. The number of amides is 5. The molecule has 2 aliphatic heterocycles. The van der Waals surface area contributed by atoms with Crippen molar-refractivity contribution in [3.05, 3.63) is 144 Å². The number of benzene rings is 3. The van der Waals surface area contributed by atoms with Crippen LogP contribution in [0.5, 0.6) is 5.75 Å². The first-order valence-corrected chi connectivity index (χ1v) is 35.6. The van der Waals surface area contributed by atoms with E-state index in [1.54, 1.807) is 42.0 Å². The van der Waals surface area contributed by atoms with Gasteiger partial charge in [-0.1, -0.05) is 65.3 Å². The van der Waals surface area contributed by atoms with Gasteiger partial charge in [-0.15, -0.1) is 0 Å². The summed E-state index contributed by atoms with van der Waals surface area (Å²) >= 11 is 0. The molecule has 5 amide bonds. The highest BCUT2D eigenvalue weighted by Gasteiger charge is 2.46. The number of cyclic esters (lactones) is 1. The van der Waals surface area contributed by atoms with Gasteiger partial charge in [-0.3, -0.25) is 53.1 Å². The fraction of sp³-hybridized carbons (Fsp3) is 0.353. The largest absolute Gasteiger partial charge is 0.514 e. The number of esters is 1. The maximum absolute atomic E-state index is 13.5. The molecule has 6 heterocycles. The lowest BCUT2D eigenvalue weighted by Gasteiger charge is -2.31. The summed E-state index contributed by atoms with van der Waals surface area (Å²) in [5, 5.41) is 64.3. The summed E-state index contributed by atoms with van der Waals surface area (Å²) in [5.74, 6) is -12.5. The predicted octanol–water partition coefficient (Wildman–Crippen LogP) is 1.57. The number of guanidine groups is 1. The van der Waals surface area contributed by atoms with Crippen molar-refractivity contribution in [3.8, 4) is 17.1 Å². The SMILES string of the molecule is CCc1c2c(nc3ccc(OC(=O)OCc4ccc(C)cc4)cc13)-c1cc3c(c(=O)n1C2)COC(=O)[C@@]3(O)CC.CSSC[C@H](NC(=O)[C@@H](CC(=O)O)NC(=O)[C@@H](CCCN=C(N)N)NC(=O)[C@@H](CC(=O)O)NC(=O)CC[C@@H](NC(=O)c1ccc(NCc2cnc3nc(N)[nH]c(=O)c3n2)cc1)C(=O)O)C(=O)O. The van der Waals surface area contributed by atoms with Crippen molar-refractivity contribution in [2.45, 2.75) is 134 Å². The van der Waals surface area contributed by atoms with Gasteiger partial charge in [0.25, 0.3) is 17.0 Å². The number of aliphatic hydroxyl groups is 1. The zero-order valence-corrected chi connectivity index (χ0v) is 59.4. The number of hydrogen-bond acceptors (Lipinski definition) is 26. The Morgan fingerprint density at radius 3 is 2.07 bits per heavy atom. The molecule has 0 spiro atoms. The molecule has 3 aromatic carbocycles. The molecular weight excluding hydrogens is 1440 g/mol. The minimum absolute atomic E-state index is 0.0146. The average molecular weight is 1520 g/mol. The van der Waals surface area contributed by atoms with Crippen LogP contribution >= 0.6 is 21.6 Å². The van der Waals surface area contributed by atoms with Crippen molar-refractivity contribution in [2.75, 3.05) is 29.6 Å². The van der Waals surface area contributed by atoms with E-state index in [4.69, 9.17) is 36.4 Å². The number of carboxylic acid groups (broad SMARTS) is 4. The summed E-state index contributed by atoms with van der Waals surface area (Å²) in [7, 11) is 2.28. The third kappa shape index (κ3) is 21.0. The first kappa shape index (κ1) is 80.4. The van der Waals surface area contributed by atoms with E-state index in [0.717, 1.165) is 38.4 Å². The molecule has 0 saturated carbocycles. The number of nitrogens with zero attached hydrogens (tertiary/aromatic N) is 6. The number of pyridine rings is 2. The van der Waals surface area contributed by atoms with Crippen LogP contribution in [0.4, 0.5) is 16.4 Å². The summed E-state index contributed by atoms with van der Waals surface area (Å²) in [6.45, 7) is 5.91. The molecule has 2 aliphatic rings. The van der Waals surface area contributed by atoms with Crippen LogP contribution in [0.1, 0.15) is 108 Å². The van der Waals surface area contributed by atoms with Crippen molar-refractivity contribution in [1.82, 2.24) is 56.1 Å². The number of ether oxygens (including phenoxy) is 3. The van der Waals surface area contributed by atoms with Crippen LogP contribution in [0.25, 0.3) is 33.5 Å². The van der Waals surface area contributed by atoms with Crippen LogP contribution < -0.4 is 65.0 Å². The quantitative estimate of drug-likeness (QED) is 0.00693. The van der Waals surface area contributed by atoms with Crippen molar-refractivity contribution in [1.29, 1.82) is 0 Å². The zero-order valence-electron chi connectivity index (χ0n) is 57.8. The van der Waals surface area contributed by atoms with Gasteiger partial charge in [-0.2, -0.15) is 4.98 Å². The highest BCUT2D eigenvalue weighted by Crippen LogP contribution is 2.41. The van der Waals surface area contributed by atoms with Crippen LogP contribution in [0.2, 0.25) is 0 Å². The minimum Gasteiger partial charge on any atom is -0.481 e. The van der Waals surface area contributed by atoms with E-state index in [0.29, 0.717) is 47.0 Å². The molecule has 9 rings (SSSR count). The fourth-order valence-corrected chi connectivity index (χ4v) is 12.6. The maximum atomic E-state index is 13.5. The predicted molar refractivity (Wildman–Crippen MR) is 386 cm³/mol. The molecule has 37 nitrogen and oxygen atoms in total. The van der Waals surface area contributed by atoms with Crippen LogP contribution in [0, 0.1) is 6.92 Å². The Bertz CT molecular complexity index is 4750. The van der Waals surface area contributed by atoms with Crippen molar-refractivity contribution in [2.24, 2.45) is 16.5 Å². The number of aromatic nitrogens is 6. The first-order chi connectivity index (χ1) is 50.9. The Labute approximate surface area is 614 Å². The molecular formula is C68H76N16O21S2. The summed E-state index contributed by atoms with van der Waals surface area (Å²) in [5.41, 5.74) is 20.6. The number of aliphatic imine (C=N–C) groups is 1. The van der Waals surface area contributed by atoms with Gasteiger partial charge in [0.1, 0.15) is 49.2 Å². The monoisotopic (exact) mass is 1520 g/mol. The molecule has 0 radical (unpaired) electrons. The number of carboxylic acids is 4. The number of aryl methyl sites for hydroxylation is 2. The number of nitrogens with one attached hydrogen (secondary N) is 7. The molecule has 0 unspecified atom stereocenters. The van der Waals surface area contributed by atoms with Gasteiger partial charge in [0.05, 0.1) is 60.3 Å². The van der Waals surface area contributed by atoms with Gasteiger partial charge in [0.2, 0.25) is 29.6 Å². The van der Waals surface area contributed by atoms with E-state index in [1.807, 2.05) is 38.1 Å². The minimum atomic E-state index is -1.88. The van der Waals surface area contributed by atoms with E-state index in [-0.39, 0.29) is 96.6 Å². The van der Waals surface area contributed by atoms with Crippen molar-refractivity contribution in [3.63, 3.8) is 0 Å². The number of carbonyl (C=O) groups excluding carboxylic acids is 7. The Kier molecular flexibility index (Phi) is 27.4. The Balaban J connectivity index is 0.000000304. The summed E-state index contributed by atoms with van der Waals surface area (Å²) in [6.07, 6.45) is -0.591. The van der Waals surface area contributed by atoms with Crippen LogP contribution in [-0.4, -0.2) is 175 Å². The lowest BCUT2D eigenvalue weighted by atomic mass is 9.86. The molecule has 39 heteroatoms. The van der Waals surface area contributed by atoms with E-state index in [2.05, 4.69) is 56.8 Å². The number of carbonyl (C=O) groups is 11. The molecule has 566 valence electrons. The maximum Gasteiger partial charge on any atom is 0.514 e. The van der Waals surface area contributed by atoms with E-state index in [1.165, 1.54) is 41.3 Å². The molecule has 4 aromatic heterocycles. The van der Waals surface area contributed by atoms with Crippen LogP contribution in [-0.2, 0) is 90.9 Å². The third-order valence-corrected chi connectivity index (χ3v) is 18.6. The van der Waals surface area contributed by atoms with Crippen molar-refractivity contribution < 1.29 is 92.5 Å². The molecule has 0 bridgehead atoms. The van der Waals surface area contributed by atoms with Gasteiger partial charge >= 0.3 is 36.0 Å². The van der Waals surface area contributed by atoms with E-state index in [9.17, 15) is 87.9 Å². The number of nitrogen functional groups attached to an aromatic ring is 1. The second-order valence-corrected chi connectivity index (χ2v) is 26.8. The normalized spacial score (nSPS) is 14.6. The van der Waals surface area contributed by atoms with Gasteiger partial charge < -0.3 is 93.4 Å². The van der Waals surface area contributed by atoms with Crippen LogP contribution in [0.15, 0.2) is 93.6 Å². The molecule has 0 aliphatic carbocycles. The number of rotatable bonds is 33. The van der Waals surface area contributed by atoms with Gasteiger partial charge in [0.15, 0.2) is 22.7 Å². The zero-order chi connectivity index (χ0) is 78.0. The smallest absolute Gasteiger partial charge is 0.481 e. The summed E-state index contributed by atoms with van der Waals surface area (Å²) in [4.78, 5) is 187. The number of anilines is 2. The van der Waals surface area contributed by atoms with Gasteiger partial charge in [-0.05, 0) is 105 Å². The standard InChI is InChI=1S/C37H48N14O14S2.C31H28N2O7/c1-66-67-15-23(35(64)65)49-32(60)22(12-26(55)56)48-30(58)19(3-2-10-41-36(38)39)46-31(59)21(11-25(53)54)45-24(52)9-8-20(34(62)63)47-29(57)16-4-6-17(7-5-16)42-13-18-14-43-28-27(44-18)33(61)51-37(40)50-28;1-4-20-21-12-19(40-30(36)39-15-18-8-6-17(3)7-9-18)10-11-25(21)32-27-22(20)14-33-26(27)13-24-23(28(33)34)16-38-29(35)31(24,37)5-2/h4-7,14,19-23,42H,2-3,8-13,15H2,1H3,(H,45,52)(H,46,59)(H,47,57)(H,48,58)(H,49,60)(H,53,54)(H,55,56)(H,62,63)(H,64,65)(H4,38,39,41)(H3,40,43,50,51,61);6-13,37H,4-5,14-16H2,1-3H3/t19-,20-,21-,22-,23+;31-/m11/s1. The number of nitrogens with two attached hydrogens (primary N) is 3. The van der Waals surface area contributed by atoms with E-state index >= 15 is 0 Å². The van der Waals surface area contributed by atoms with Gasteiger partial charge in [0, 0.05) is 46.5 Å². The molecule has 0 fully saturated rings. The molecule has 0 saturated heterocycles. The number of fused-ring (bicyclic) bond motifs is 6. The lowest BCUT2D eigenvalue weighted by Crippen LogP contribution is -2.58. The second-order valence-electron chi connectivity index (χ2n) is 24.2. The number of aliphatic carboxylic acids is 4. The topological polar surface area (TPSA) is 586 Å². The molecule has 107 heavy (non-hydrogen) atoms. The lowest BCUT2D eigenvalue weighted by molar-refractivity contribution is -0.172. The first-order valence-electron chi connectivity index (χ1n) is 32.9. The second kappa shape index (κ2) is 36.4. The fourth-order valence-electron chi connectivity index (χ4n) is 11.3. The number of aromatic amines is 1. The van der Waals surface area contributed by atoms with Crippen molar-refractivity contribution >= 4 is 127 Å².